The van der Waals surface area contributed by atoms with Crippen molar-refractivity contribution >= 4 is 17.7 Å². The smallest absolute Gasteiger partial charge is 0.410 e. The Kier molecular flexibility index (Phi) is 5.31. The summed E-state index contributed by atoms with van der Waals surface area (Å²) in [6.45, 7) is 7.60. The number of hydrogen-bond donors (Lipinski definition) is 1. The van der Waals surface area contributed by atoms with Crippen LogP contribution in [0.3, 0.4) is 0 Å². The van der Waals surface area contributed by atoms with Crippen molar-refractivity contribution in [2.75, 3.05) is 11.9 Å². The van der Waals surface area contributed by atoms with Crippen LogP contribution in [0.15, 0.2) is 18.2 Å². The Morgan fingerprint density at radius 1 is 1.40 bits per heavy atom. The van der Waals surface area contributed by atoms with Crippen molar-refractivity contribution in [3.8, 4) is 6.07 Å². The fourth-order valence-electron chi connectivity index (χ4n) is 2.79. The summed E-state index contributed by atoms with van der Waals surface area (Å²) in [5.74, 6) is -1.30. The second-order valence-electron chi connectivity index (χ2n) is 7.11. The highest BCUT2D eigenvalue weighted by Crippen LogP contribution is 2.27. The second kappa shape index (κ2) is 7.09. The predicted octanol–water partition coefficient (Wildman–Crippen LogP) is 3.28. The zero-order chi connectivity index (χ0) is 18.8. The number of rotatable bonds is 2. The number of carbonyl (C=O) groups is 2. The normalized spacial score (nSPS) is 20.1. The van der Waals surface area contributed by atoms with E-state index in [-0.39, 0.29) is 17.5 Å². The number of amides is 2. The van der Waals surface area contributed by atoms with Crippen molar-refractivity contribution in [1.29, 1.82) is 5.26 Å². The molecule has 2 amide bonds. The quantitative estimate of drug-likeness (QED) is 0.890. The first-order valence-electron chi connectivity index (χ1n) is 8.12. The van der Waals surface area contributed by atoms with Crippen molar-refractivity contribution in [2.45, 2.75) is 45.8 Å². The van der Waals surface area contributed by atoms with E-state index in [1.54, 1.807) is 38.7 Å². The highest BCUT2D eigenvalue weighted by molar-refractivity contribution is 5.93. The van der Waals surface area contributed by atoms with Crippen LogP contribution in [0.25, 0.3) is 0 Å². The summed E-state index contributed by atoms with van der Waals surface area (Å²) in [4.78, 5) is 26.3. The van der Waals surface area contributed by atoms with E-state index in [0.717, 1.165) is 6.07 Å². The molecule has 0 aliphatic carbocycles. The third-order valence-corrected chi connectivity index (χ3v) is 4.07. The molecule has 0 spiro atoms. The van der Waals surface area contributed by atoms with Crippen LogP contribution in [0, 0.1) is 23.1 Å². The van der Waals surface area contributed by atoms with Crippen LogP contribution in [0.2, 0.25) is 0 Å². The van der Waals surface area contributed by atoms with Crippen LogP contribution in [-0.2, 0) is 9.53 Å². The molecule has 7 heteroatoms. The third-order valence-electron chi connectivity index (χ3n) is 4.07. The monoisotopic (exact) mass is 347 g/mol. The first-order chi connectivity index (χ1) is 11.6. The minimum Gasteiger partial charge on any atom is -0.444 e. The maximum Gasteiger partial charge on any atom is 0.410 e. The van der Waals surface area contributed by atoms with E-state index < -0.39 is 23.4 Å². The van der Waals surface area contributed by atoms with E-state index in [4.69, 9.17) is 10.00 Å². The number of nitriles is 1. The first kappa shape index (κ1) is 18.7. The molecule has 25 heavy (non-hydrogen) atoms. The van der Waals surface area contributed by atoms with E-state index in [1.165, 1.54) is 12.1 Å². The number of nitrogens with zero attached hydrogens (tertiary/aromatic N) is 2. The fourth-order valence-corrected chi connectivity index (χ4v) is 2.79. The average Bonchev–Trinajstić information content (AvgIpc) is 2.89. The maximum absolute atomic E-state index is 13.4. The lowest BCUT2D eigenvalue weighted by molar-refractivity contribution is -0.120. The van der Waals surface area contributed by atoms with Crippen LogP contribution in [0.1, 0.15) is 39.7 Å². The molecular weight excluding hydrogens is 325 g/mol. The SMILES string of the molecule is C[C@H]1[C@@H](C(=O)Nc2ccc(F)c(C#N)c2)CCN1C(=O)OC(C)(C)C. The van der Waals surface area contributed by atoms with Crippen molar-refractivity contribution in [2.24, 2.45) is 5.92 Å². The van der Waals surface area contributed by atoms with Gasteiger partial charge in [-0.25, -0.2) is 9.18 Å². The predicted molar refractivity (Wildman–Crippen MR) is 90.3 cm³/mol. The van der Waals surface area contributed by atoms with Gasteiger partial charge >= 0.3 is 6.09 Å². The van der Waals surface area contributed by atoms with Crippen molar-refractivity contribution in [1.82, 2.24) is 4.90 Å². The largest absolute Gasteiger partial charge is 0.444 e. The Balaban J connectivity index is 2.04. The molecule has 1 aromatic carbocycles. The van der Waals surface area contributed by atoms with E-state index in [2.05, 4.69) is 5.32 Å². The van der Waals surface area contributed by atoms with Gasteiger partial charge in [-0.15, -0.1) is 0 Å². The molecule has 0 radical (unpaired) electrons. The molecule has 1 aromatic rings. The Morgan fingerprint density at radius 2 is 2.08 bits per heavy atom. The zero-order valence-electron chi connectivity index (χ0n) is 14.8. The van der Waals surface area contributed by atoms with Gasteiger partial charge in [0.15, 0.2) is 0 Å². The molecule has 2 atom stereocenters. The standard InChI is InChI=1S/C18H22FN3O3/c1-11-14(7-8-22(11)17(24)25-18(2,3)4)16(23)21-13-5-6-15(19)12(9-13)10-20/h5-6,9,11,14H,7-8H2,1-4H3,(H,21,23)/t11-,14-/m0/s1. The molecule has 0 unspecified atom stereocenters. The maximum atomic E-state index is 13.4. The molecule has 134 valence electrons. The van der Waals surface area contributed by atoms with Gasteiger partial charge in [-0.1, -0.05) is 0 Å². The summed E-state index contributed by atoms with van der Waals surface area (Å²) in [6.07, 6.45) is 0.0716. The van der Waals surface area contributed by atoms with Crippen molar-refractivity contribution in [3.05, 3.63) is 29.6 Å². The molecule has 6 nitrogen and oxygen atoms in total. The number of benzene rings is 1. The Morgan fingerprint density at radius 3 is 2.68 bits per heavy atom. The number of hydrogen-bond acceptors (Lipinski definition) is 4. The average molecular weight is 347 g/mol. The van der Waals surface area contributed by atoms with Gasteiger partial charge in [0, 0.05) is 18.3 Å². The van der Waals surface area contributed by atoms with Gasteiger partial charge in [0.1, 0.15) is 17.5 Å². The molecule has 1 N–H and O–H groups in total. The summed E-state index contributed by atoms with van der Waals surface area (Å²) >= 11 is 0. The molecule has 1 fully saturated rings. The van der Waals surface area contributed by atoms with Crippen LogP contribution in [0.4, 0.5) is 14.9 Å². The lowest BCUT2D eigenvalue weighted by atomic mass is 10.0. The summed E-state index contributed by atoms with van der Waals surface area (Å²) < 4.78 is 18.7. The summed E-state index contributed by atoms with van der Waals surface area (Å²) in [5, 5.41) is 11.5. The molecule has 1 heterocycles. The van der Waals surface area contributed by atoms with Crippen molar-refractivity contribution < 1.29 is 18.7 Å². The topological polar surface area (TPSA) is 82.4 Å². The Bertz CT molecular complexity index is 721. The minimum atomic E-state index is -0.633. The molecule has 0 bridgehead atoms. The zero-order valence-corrected chi connectivity index (χ0v) is 14.8. The van der Waals surface area contributed by atoms with E-state index in [0.29, 0.717) is 18.7 Å². The number of anilines is 1. The summed E-state index contributed by atoms with van der Waals surface area (Å²) in [5.41, 5.74) is -0.377. The number of nitrogens with one attached hydrogen (secondary N) is 1. The molecule has 2 rings (SSSR count). The van der Waals surface area contributed by atoms with Gasteiger partial charge in [-0.05, 0) is 52.3 Å². The van der Waals surface area contributed by atoms with Gasteiger partial charge in [0.05, 0.1) is 11.5 Å². The van der Waals surface area contributed by atoms with Gasteiger partial charge in [-0.3, -0.25) is 4.79 Å². The van der Waals surface area contributed by atoms with Gasteiger partial charge in [-0.2, -0.15) is 5.26 Å². The number of ether oxygens (including phenoxy) is 1. The highest BCUT2D eigenvalue weighted by atomic mass is 19.1. The van der Waals surface area contributed by atoms with Gasteiger partial charge in [0.25, 0.3) is 0 Å². The number of halogens is 1. The Labute approximate surface area is 146 Å². The van der Waals surface area contributed by atoms with Crippen LogP contribution in [0.5, 0.6) is 0 Å². The lowest BCUT2D eigenvalue weighted by Crippen LogP contribution is -2.41. The number of likely N-dealkylation sites (tertiary alicyclic amines) is 1. The summed E-state index contributed by atoms with van der Waals surface area (Å²) in [6, 6.07) is 5.25. The molecule has 1 saturated heterocycles. The number of carbonyl (C=O) groups excluding carboxylic acids is 2. The van der Waals surface area contributed by atoms with Gasteiger partial charge in [0.2, 0.25) is 5.91 Å². The lowest BCUT2D eigenvalue weighted by Gasteiger charge is -2.28. The fraction of sp³-hybridized carbons (Fsp3) is 0.500. The first-order valence-corrected chi connectivity index (χ1v) is 8.12. The van der Waals surface area contributed by atoms with Gasteiger partial charge < -0.3 is 15.0 Å². The minimum absolute atomic E-state index is 0.132. The Hall–Kier alpha value is -2.62. The molecule has 1 aliphatic rings. The summed E-state index contributed by atoms with van der Waals surface area (Å²) in [7, 11) is 0. The van der Waals surface area contributed by atoms with Crippen molar-refractivity contribution in [3.63, 3.8) is 0 Å². The third kappa shape index (κ3) is 4.47. The second-order valence-corrected chi connectivity index (χ2v) is 7.11. The molecule has 0 aromatic heterocycles. The van der Waals surface area contributed by atoms with E-state index >= 15 is 0 Å². The molecule has 1 aliphatic heterocycles. The molecule has 0 saturated carbocycles. The van der Waals surface area contributed by atoms with Crippen LogP contribution in [-0.4, -0.2) is 35.1 Å². The molecular formula is C18H22FN3O3. The van der Waals surface area contributed by atoms with E-state index in [9.17, 15) is 14.0 Å². The highest BCUT2D eigenvalue weighted by Gasteiger charge is 2.39. The van der Waals surface area contributed by atoms with Crippen LogP contribution >= 0.6 is 0 Å². The van der Waals surface area contributed by atoms with E-state index in [1.807, 2.05) is 0 Å². The van der Waals surface area contributed by atoms with Crippen LogP contribution < -0.4 is 5.32 Å².